The van der Waals surface area contributed by atoms with Crippen LogP contribution in [0, 0.1) is 5.92 Å². The van der Waals surface area contributed by atoms with Gasteiger partial charge in [0.2, 0.25) is 5.91 Å². The van der Waals surface area contributed by atoms with E-state index in [9.17, 15) is 4.79 Å². The molecule has 1 fully saturated rings. The van der Waals surface area contributed by atoms with E-state index < -0.39 is 0 Å². The van der Waals surface area contributed by atoms with Crippen molar-refractivity contribution in [2.75, 3.05) is 26.4 Å². The zero-order valence-corrected chi connectivity index (χ0v) is 13.4. The zero-order chi connectivity index (χ0) is 15.9. The first-order valence-electron chi connectivity index (χ1n) is 8.40. The first-order valence-corrected chi connectivity index (χ1v) is 8.40. The van der Waals surface area contributed by atoms with Crippen LogP contribution in [0.25, 0.3) is 0 Å². The lowest BCUT2D eigenvalue weighted by atomic mass is 9.93. The van der Waals surface area contributed by atoms with Gasteiger partial charge in [0.15, 0.2) is 0 Å². The highest BCUT2D eigenvalue weighted by Crippen LogP contribution is 2.23. The van der Waals surface area contributed by atoms with Crippen LogP contribution in [-0.4, -0.2) is 43.0 Å². The van der Waals surface area contributed by atoms with Crippen LogP contribution in [-0.2, 0) is 20.9 Å². The summed E-state index contributed by atoms with van der Waals surface area (Å²) in [7, 11) is 0. The molecule has 0 spiro atoms. The molecule has 1 saturated heterocycles. The molecule has 1 aromatic rings. The number of carbonyl (C=O) groups is 1. The molecule has 5 heteroatoms. The van der Waals surface area contributed by atoms with E-state index in [0.29, 0.717) is 32.1 Å². The van der Waals surface area contributed by atoms with E-state index in [1.54, 1.807) is 5.01 Å². The molecular weight excluding hydrogens is 292 g/mol. The van der Waals surface area contributed by atoms with Crippen molar-refractivity contribution in [3.63, 3.8) is 0 Å². The Hall–Kier alpha value is -1.72. The second-order valence-corrected chi connectivity index (χ2v) is 6.06. The highest BCUT2D eigenvalue weighted by Gasteiger charge is 2.29. The molecule has 0 bridgehead atoms. The highest BCUT2D eigenvalue weighted by atomic mass is 16.5. The fourth-order valence-corrected chi connectivity index (χ4v) is 3.00. The number of ether oxygens (including phenoxy) is 2. The van der Waals surface area contributed by atoms with Gasteiger partial charge in [-0.1, -0.05) is 30.3 Å². The third kappa shape index (κ3) is 4.62. The highest BCUT2D eigenvalue weighted by molar-refractivity contribution is 6.06. The van der Waals surface area contributed by atoms with Gasteiger partial charge in [0.1, 0.15) is 0 Å². The van der Waals surface area contributed by atoms with Crippen molar-refractivity contribution in [2.45, 2.75) is 32.3 Å². The van der Waals surface area contributed by atoms with Crippen LogP contribution in [0.1, 0.15) is 31.2 Å². The first kappa shape index (κ1) is 16.1. The average molecular weight is 316 g/mol. The molecule has 1 aromatic carbocycles. The predicted molar refractivity (Wildman–Crippen MR) is 88.0 cm³/mol. The first-order chi connectivity index (χ1) is 11.3. The maximum absolute atomic E-state index is 12.1. The van der Waals surface area contributed by atoms with E-state index in [0.717, 1.165) is 38.2 Å². The summed E-state index contributed by atoms with van der Waals surface area (Å²) in [4.78, 5) is 12.1. The van der Waals surface area contributed by atoms with Crippen LogP contribution in [0.2, 0.25) is 0 Å². The molecule has 2 aliphatic rings. The van der Waals surface area contributed by atoms with Gasteiger partial charge in [0.05, 0.1) is 18.7 Å². The minimum Gasteiger partial charge on any atom is -0.381 e. The Labute approximate surface area is 137 Å². The van der Waals surface area contributed by atoms with Gasteiger partial charge in [-0.3, -0.25) is 4.79 Å². The van der Waals surface area contributed by atoms with E-state index in [1.807, 2.05) is 18.2 Å². The van der Waals surface area contributed by atoms with Crippen LogP contribution < -0.4 is 0 Å². The summed E-state index contributed by atoms with van der Waals surface area (Å²) < 4.78 is 11.0. The topological polar surface area (TPSA) is 51.1 Å². The van der Waals surface area contributed by atoms with Crippen molar-refractivity contribution < 1.29 is 14.3 Å². The molecule has 0 atom stereocenters. The fraction of sp³-hybridized carbons (Fsp3) is 0.556. The molecule has 0 unspecified atom stereocenters. The third-order valence-electron chi connectivity index (χ3n) is 4.33. The number of hydrogen-bond donors (Lipinski definition) is 0. The van der Waals surface area contributed by atoms with E-state index in [2.05, 4.69) is 17.2 Å². The number of hydrazone groups is 1. The van der Waals surface area contributed by atoms with Gasteiger partial charge in [-0.05, 0) is 24.8 Å². The van der Waals surface area contributed by atoms with E-state index in [-0.39, 0.29) is 5.91 Å². The van der Waals surface area contributed by atoms with Crippen LogP contribution >= 0.6 is 0 Å². The molecule has 0 aromatic heterocycles. The lowest BCUT2D eigenvalue weighted by Gasteiger charge is -2.21. The smallest absolute Gasteiger partial charge is 0.248 e. The van der Waals surface area contributed by atoms with Crippen LogP contribution in [0.15, 0.2) is 35.4 Å². The maximum Gasteiger partial charge on any atom is 0.248 e. The van der Waals surface area contributed by atoms with Crippen LogP contribution in [0.4, 0.5) is 0 Å². The SMILES string of the molecule is O=C1CC(C2CCOCC2)=NN1CCCOCc1ccccc1. The summed E-state index contributed by atoms with van der Waals surface area (Å²) in [6.07, 6.45) is 3.26. The van der Waals surface area contributed by atoms with Gasteiger partial charge in [0, 0.05) is 32.3 Å². The zero-order valence-electron chi connectivity index (χ0n) is 13.4. The van der Waals surface area contributed by atoms with Gasteiger partial charge in [-0.2, -0.15) is 5.10 Å². The Kier molecular flexibility index (Phi) is 5.77. The number of nitrogens with zero attached hydrogens (tertiary/aromatic N) is 2. The standard InChI is InChI=1S/C18H24N2O3/c21-18-13-17(16-7-11-22-12-8-16)19-20(18)9-4-10-23-14-15-5-2-1-3-6-15/h1-3,5-6,16H,4,7-14H2. The van der Waals surface area contributed by atoms with Crippen molar-refractivity contribution >= 4 is 11.6 Å². The van der Waals surface area contributed by atoms with Crippen LogP contribution in [0.5, 0.6) is 0 Å². The molecule has 0 radical (unpaired) electrons. The predicted octanol–water partition coefficient (Wildman–Crippen LogP) is 2.61. The summed E-state index contributed by atoms with van der Waals surface area (Å²) in [6, 6.07) is 10.1. The molecule has 0 saturated carbocycles. The molecule has 3 rings (SSSR count). The third-order valence-corrected chi connectivity index (χ3v) is 4.33. The Morgan fingerprint density at radius 2 is 2.00 bits per heavy atom. The molecule has 124 valence electrons. The monoisotopic (exact) mass is 316 g/mol. The maximum atomic E-state index is 12.1. The summed E-state index contributed by atoms with van der Waals surface area (Å²) in [5.74, 6) is 0.543. The van der Waals surface area contributed by atoms with Gasteiger partial charge in [0.25, 0.3) is 0 Å². The van der Waals surface area contributed by atoms with Crippen LogP contribution in [0.3, 0.4) is 0 Å². The Bertz CT molecular complexity index is 538. The lowest BCUT2D eigenvalue weighted by molar-refractivity contribution is -0.128. The van der Waals surface area contributed by atoms with E-state index in [1.165, 1.54) is 5.56 Å². The van der Waals surface area contributed by atoms with Gasteiger partial charge in [-0.25, -0.2) is 5.01 Å². The number of rotatable bonds is 7. The Morgan fingerprint density at radius 3 is 2.78 bits per heavy atom. The van der Waals surface area contributed by atoms with E-state index in [4.69, 9.17) is 9.47 Å². The fourth-order valence-electron chi connectivity index (χ4n) is 3.00. The molecule has 23 heavy (non-hydrogen) atoms. The summed E-state index contributed by atoms with van der Waals surface area (Å²) >= 11 is 0. The van der Waals surface area contributed by atoms with Gasteiger partial charge >= 0.3 is 0 Å². The summed E-state index contributed by atoms with van der Waals surface area (Å²) in [5.41, 5.74) is 2.22. The number of amides is 1. The average Bonchev–Trinajstić information content (AvgIpc) is 2.97. The number of benzene rings is 1. The number of carbonyl (C=O) groups excluding carboxylic acids is 1. The minimum absolute atomic E-state index is 0.120. The van der Waals surface area contributed by atoms with Crippen molar-refractivity contribution in [1.82, 2.24) is 5.01 Å². The summed E-state index contributed by atoms with van der Waals surface area (Å²) in [6.45, 7) is 3.46. The largest absolute Gasteiger partial charge is 0.381 e. The van der Waals surface area contributed by atoms with E-state index >= 15 is 0 Å². The number of hydrogen-bond acceptors (Lipinski definition) is 4. The molecule has 0 N–H and O–H groups in total. The second-order valence-electron chi connectivity index (χ2n) is 6.06. The minimum atomic E-state index is 0.120. The van der Waals surface area contributed by atoms with Gasteiger partial charge < -0.3 is 9.47 Å². The second kappa shape index (κ2) is 8.22. The molecule has 0 aliphatic carbocycles. The Morgan fingerprint density at radius 1 is 1.22 bits per heavy atom. The van der Waals surface area contributed by atoms with Crippen molar-refractivity contribution in [3.8, 4) is 0 Å². The molecule has 2 heterocycles. The van der Waals surface area contributed by atoms with Crippen molar-refractivity contribution in [2.24, 2.45) is 11.0 Å². The molecule has 2 aliphatic heterocycles. The molecule has 5 nitrogen and oxygen atoms in total. The molecular formula is C18H24N2O3. The lowest BCUT2D eigenvalue weighted by Crippen LogP contribution is -2.23. The normalized spacial score (nSPS) is 19.2. The quantitative estimate of drug-likeness (QED) is 0.727. The van der Waals surface area contributed by atoms with Crippen molar-refractivity contribution in [1.29, 1.82) is 0 Å². The van der Waals surface area contributed by atoms with Crippen molar-refractivity contribution in [3.05, 3.63) is 35.9 Å². The van der Waals surface area contributed by atoms with Gasteiger partial charge in [-0.15, -0.1) is 0 Å². The summed E-state index contributed by atoms with van der Waals surface area (Å²) in [5, 5.41) is 6.16. The molecule has 1 amide bonds. The Balaban J connectivity index is 1.38.